The molecule has 2 heterocycles. The van der Waals surface area contributed by atoms with Crippen molar-refractivity contribution in [1.29, 1.82) is 0 Å². The van der Waals surface area contributed by atoms with Crippen LogP contribution in [0.3, 0.4) is 0 Å². The molecule has 0 aliphatic carbocycles. The Morgan fingerprint density at radius 2 is 0.603 bits per heavy atom. The average Bonchev–Trinajstić information content (AvgIpc) is 3.64. The Morgan fingerprint density at radius 1 is 0.259 bits per heavy atom. The SMILES string of the molecule is O=c1c2ccccc2c2c3c4ccccc4n(-c4cc(-c5ccccc5)cc(-c5ccccc5)c4)c3ccc2n1-c1cc(-c2ccccc2)cc(-c2ccccc2)c1. The first-order valence-electron chi connectivity index (χ1n) is 19.7. The van der Waals surface area contributed by atoms with E-state index in [2.05, 4.69) is 193 Å². The second-order valence-electron chi connectivity index (χ2n) is 14.9. The Bertz CT molecular complexity index is 3270. The van der Waals surface area contributed by atoms with Crippen LogP contribution in [-0.2, 0) is 0 Å². The topological polar surface area (TPSA) is 26.9 Å². The molecule has 272 valence electrons. The lowest BCUT2D eigenvalue weighted by Crippen LogP contribution is -2.19. The molecule has 58 heavy (non-hydrogen) atoms. The lowest BCUT2D eigenvalue weighted by Gasteiger charge is -2.18. The summed E-state index contributed by atoms with van der Waals surface area (Å²) in [4.78, 5) is 15.0. The summed E-state index contributed by atoms with van der Waals surface area (Å²) in [5.74, 6) is 0. The maximum atomic E-state index is 15.0. The van der Waals surface area contributed by atoms with Crippen molar-refractivity contribution in [1.82, 2.24) is 9.13 Å². The van der Waals surface area contributed by atoms with E-state index in [1.54, 1.807) is 0 Å². The van der Waals surface area contributed by atoms with Gasteiger partial charge in [-0.15, -0.1) is 0 Å². The van der Waals surface area contributed by atoms with Crippen LogP contribution < -0.4 is 5.56 Å². The van der Waals surface area contributed by atoms with Gasteiger partial charge >= 0.3 is 0 Å². The third-order valence-electron chi connectivity index (χ3n) is 11.5. The molecule has 0 amide bonds. The van der Waals surface area contributed by atoms with Crippen LogP contribution >= 0.6 is 0 Å². The van der Waals surface area contributed by atoms with E-state index in [0.717, 1.165) is 94.0 Å². The van der Waals surface area contributed by atoms with E-state index in [0.29, 0.717) is 5.39 Å². The van der Waals surface area contributed by atoms with Gasteiger partial charge in [-0.1, -0.05) is 158 Å². The van der Waals surface area contributed by atoms with Gasteiger partial charge in [-0.3, -0.25) is 9.36 Å². The smallest absolute Gasteiger partial charge is 0.263 e. The van der Waals surface area contributed by atoms with Crippen molar-refractivity contribution in [3.8, 4) is 55.9 Å². The van der Waals surface area contributed by atoms with Gasteiger partial charge in [-0.05, 0) is 111 Å². The Kier molecular flexibility index (Phi) is 7.97. The van der Waals surface area contributed by atoms with Gasteiger partial charge < -0.3 is 4.57 Å². The summed E-state index contributed by atoms with van der Waals surface area (Å²) in [5, 5.41) is 4.93. The van der Waals surface area contributed by atoms with Crippen LogP contribution in [-0.4, -0.2) is 9.13 Å². The molecule has 2 aromatic heterocycles. The molecule has 0 spiro atoms. The lowest BCUT2D eigenvalue weighted by atomic mass is 9.97. The van der Waals surface area contributed by atoms with Gasteiger partial charge in [-0.2, -0.15) is 0 Å². The van der Waals surface area contributed by atoms with Crippen LogP contribution in [0.5, 0.6) is 0 Å². The molecule has 11 rings (SSSR count). The largest absolute Gasteiger partial charge is 0.309 e. The van der Waals surface area contributed by atoms with Crippen molar-refractivity contribution in [3.05, 3.63) is 229 Å². The van der Waals surface area contributed by atoms with Crippen LogP contribution in [0.4, 0.5) is 0 Å². The molecular formula is C55H36N2O. The predicted octanol–water partition coefficient (Wildman–Crippen LogP) is 13.9. The van der Waals surface area contributed by atoms with E-state index in [-0.39, 0.29) is 5.56 Å². The van der Waals surface area contributed by atoms with Crippen LogP contribution in [0.15, 0.2) is 223 Å². The molecule has 0 saturated carbocycles. The summed E-state index contributed by atoms with van der Waals surface area (Å²) in [6, 6.07) is 76.6. The van der Waals surface area contributed by atoms with Crippen LogP contribution in [0.25, 0.3) is 99.4 Å². The third kappa shape index (κ3) is 5.56. The van der Waals surface area contributed by atoms with Gasteiger partial charge in [0.15, 0.2) is 0 Å². The number of nitrogens with zero attached hydrogens (tertiary/aromatic N) is 2. The number of hydrogen-bond acceptors (Lipinski definition) is 1. The standard InChI is InChI=1S/C55H36N2O/c58-55-48-26-14-13-25-47(48)53-52(57(55)46-35-43(39-21-9-3-10-22-39)32-44(36-46)40-23-11-4-12-24-40)30-29-51-54(53)49-27-15-16-28-50(49)56(51)45-33-41(37-17-5-1-6-18-37)31-42(34-45)38-19-7-2-8-20-38/h1-36H. The fourth-order valence-corrected chi connectivity index (χ4v) is 8.83. The third-order valence-corrected chi connectivity index (χ3v) is 11.5. The maximum Gasteiger partial charge on any atom is 0.263 e. The monoisotopic (exact) mass is 740 g/mol. The zero-order chi connectivity index (χ0) is 38.6. The number of para-hydroxylation sites is 1. The van der Waals surface area contributed by atoms with E-state index < -0.39 is 0 Å². The molecule has 0 N–H and O–H groups in total. The Labute approximate surface area is 336 Å². The average molecular weight is 741 g/mol. The van der Waals surface area contributed by atoms with Crippen LogP contribution in [0.2, 0.25) is 0 Å². The van der Waals surface area contributed by atoms with Crippen LogP contribution in [0, 0.1) is 0 Å². The highest BCUT2D eigenvalue weighted by Gasteiger charge is 2.21. The first-order valence-corrected chi connectivity index (χ1v) is 19.7. The zero-order valence-corrected chi connectivity index (χ0v) is 31.6. The second-order valence-corrected chi connectivity index (χ2v) is 14.9. The van der Waals surface area contributed by atoms with E-state index in [9.17, 15) is 4.79 Å². The molecule has 0 aliphatic rings. The Balaban J connectivity index is 1.25. The normalized spacial score (nSPS) is 11.5. The molecule has 0 saturated heterocycles. The number of fused-ring (bicyclic) bond motifs is 7. The summed E-state index contributed by atoms with van der Waals surface area (Å²) >= 11 is 0. The fourth-order valence-electron chi connectivity index (χ4n) is 8.83. The van der Waals surface area contributed by atoms with Crippen LogP contribution in [0.1, 0.15) is 0 Å². The number of hydrogen-bond donors (Lipinski definition) is 0. The van der Waals surface area contributed by atoms with Crippen molar-refractivity contribution in [2.24, 2.45) is 0 Å². The van der Waals surface area contributed by atoms with E-state index >= 15 is 0 Å². The molecule has 0 bridgehead atoms. The number of pyridine rings is 1. The molecule has 3 nitrogen and oxygen atoms in total. The fraction of sp³-hybridized carbons (Fsp3) is 0. The van der Waals surface area contributed by atoms with Crippen molar-refractivity contribution in [2.45, 2.75) is 0 Å². The molecule has 11 aromatic rings. The van der Waals surface area contributed by atoms with Crippen molar-refractivity contribution in [2.75, 3.05) is 0 Å². The summed E-state index contributed by atoms with van der Waals surface area (Å²) < 4.78 is 4.34. The minimum absolute atomic E-state index is 0.0431. The molecule has 0 atom stereocenters. The molecule has 0 radical (unpaired) electrons. The second kappa shape index (κ2) is 13.8. The molecule has 3 heteroatoms. The zero-order valence-electron chi connectivity index (χ0n) is 31.6. The highest BCUT2D eigenvalue weighted by molar-refractivity contribution is 6.27. The van der Waals surface area contributed by atoms with Gasteiger partial charge in [0, 0.05) is 27.2 Å². The highest BCUT2D eigenvalue weighted by atomic mass is 16.1. The van der Waals surface area contributed by atoms with E-state index in [4.69, 9.17) is 0 Å². The molecule has 0 unspecified atom stereocenters. The van der Waals surface area contributed by atoms with Crippen molar-refractivity contribution >= 4 is 43.5 Å². The first kappa shape index (κ1) is 33.6. The summed E-state index contributed by atoms with van der Waals surface area (Å²) in [7, 11) is 0. The van der Waals surface area contributed by atoms with Gasteiger partial charge in [0.1, 0.15) is 0 Å². The molecular weight excluding hydrogens is 705 g/mol. The molecule has 9 aromatic carbocycles. The van der Waals surface area contributed by atoms with E-state index in [1.165, 1.54) is 0 Å². The summed E-state index contributed by atoms with van der Waals surface area (Å²) in [6.07, 6.45) is 0. The summed E-state index contributed by atoms with van der Waals surface area (Å²) in [6.45, 7) is 0. The molecule has 0 aliphatic heterocycles. The quantitative estimate of drug-likeness (QED) is 0.156. The van der Waals surface area contributed by atoms with E-state index in [1.807, 2.05) is 34.9 Å². The highest BCUT2D eigenvalue weighted by Crippen LogP contribution is 2.42. The Morgan fingerprint density at radius 3 is 1.07 bits per heavy atom. The Hall–Kier alpha value is -7.75. The van der Waals surface area contributed by atoms with Gasteiger partial charge in [0.25, 0.3) is 5.56 Å². The van der Waals surface area contributed by atoms with Gasteiger partial charge in [0.05, 0.1) is 22.2 Å². The molecule has 0 fully saturated rings. The number of benzene rings is 9. The summed E-state index contributed by atoms with van der Waals surface area (Å²) in [5.41, 5.74) is 13.8. The minimum atomic E-state index is -0.0431. The number of aromatic nitrogens is 2. The maximum absolute atomic E-state index is 15.0. The van der Waals surface area contributed by atoms with Crippen molar-refractivity contribution < 1.29 is 0 Å². The predicted molar refractivity (Wildman–Crippen MR) is 243 cm³/mol. The first-order chi connectivity index (χ1) is 28.7. The van der Waals surface area contributed by atoms with Crippen molar-refractivity contribution in [3.63, 3.8) is 0 Å². The minimum Gasteiger partial charge on any atom is -0.309 e. The van der Waals surface area contributed by atoms with Gasteiger partial charge in [0.2, 0.25) is 0 Å². The van der Waals surface area contributed by atoms with Gasteiger partial charge in [-0.25, -0.2) is 0 Å². The number of rotatable bonds is 6. The lowest BCUT2D eigenvalue weighted by molar-refractivity contribution is 1.06.